The standard InChI is InChI=1S/C55H73O8P/c1-33-25-40(38-31-37(46(58-18)32-47(38)59-19)39-29-36(57-17)30-43(49(39)56)55(14,15)16)50(48(26-33)60-20)63-64(61-44-23-21-34(51(2,3)4)27-41(44)53(8,9)10)62-45-24-22-35(52(5,6)7)28-42(45)54(11,12)13/h21-32,56H,1-20H3. The Labute approximate surface area is 385 Å². The molecule has 5 aromatic rings. The van der Waals surface area contributed by atoms with Crippen molar-refractivity contribution in [1.82, 2.24) is 0 Å². The summed E-state index contributed by atoms with van der Waals surface area (Å²) in [4.78, 5) is 0. The molecule has 5 rings (SSSR count). The zero-order valence-electron chi connectivity index (χ0n) is 42.2. The van der Waals surface area contributed by atoms with Crippen LogP contribution in [0, 0.1) is 6.92 Å². The number of aromatic hydroxyl groups is 1. The molecule has 0 saturated carbocycles. The third-order valence-electron chi connectivity index (χ3n) is 11.5. The number of rotatable bonds is 12. The molecule has 0 radical (unpaired) electrons. The van der Waals surface area contributed by atoms with Gasteiger partial charge in [0.15, 0.2) is 11.5 Å². The minimum atomic E-state index is -2.24. The van der Waals surface area contributed by atoms with Crippen LogP contribution in [0.4, 0.5) is 0 Å². The third-order valence-corrected chi connectivity index (χ3v) is 12.5. The first-order valence-corrected chi connectivity index (χ1v) is 23.1. The fourth-order valence-corrected chi connectivity index (χ4v) is 8.71. The molecule has 0 aliphatic carbocycles. The summed E-state index contributed by atoms with van der Waals surface area (Å²) >= 11 is 0. The second kappa shape index (κ2) is 18.4. The molecule has 9 heteroatoms. The van der Waals surface area contributed by atoms with E-state index in [1.165, 1.54) is 11.1 Å². The Balaban J connectivity index is 1.82. The molecule has 1 N–H and O–H groups in total. The number of ether oxygens (including phenoxy) is 4. The lowest BCUT2D eigenvalue weighted by Gasteiger charge is -2.30. The second-order valence-corrected chi connectivity index (χ2v) is 22.8. The minimum absolute atomic E-state index is 0.0803. The summed E-state index contributed by atoms with van der Waals surface area (Å²) in [6, 6.07) is 24.2. The van der Waals surface area contributed by atoms with Crippen molar-refractivity contribution in [2.24, 2.45) is 0 Å². The van der Waals surface area contributed by atoms with Crippen LogP contribution in [0.5, 0.6) is 46.0 Å². The van der Waals surface area contributed by atoms with E-state index in [-0.39, 0.29) is 27.4 Å². The van der Waals surface area contributed by atoms with Gasteiger partial charge in [-0.3, -0.25) is 0 Å². The maximum absolute atomic E-state index is 12.0. The summed E-state index contributed by atoms with van der Waals surface area (Å²) < 4.78 is 45.3. The van der Waals surface area contributed by atoms with Gasteiger partial charge in [0.1, 0.15) is 34.5 Å². The van der Waals surface area contributed by atoms with E-state index in [1.54, 1.807) is 28.4 Å². The zero-order chi connectivity index (χ0) is 47.9. The van der Waals surface area contributed by atoms with Crippen LogP contribution in [-0.2, 0) is 27.1 Å². The molecular formula is C55H73O8P. The molecule has 0 aliphatic rings. The van der Waals surface area contributed by atoms with E-state index in [0.29, 0.717) is 62.5 Å². The second-order valence-electron chi connectivity index (χ2n) is 21.8. The largest absolute Gasteiger partial charge is 0.530 e. The van der Waals surface area contributed by atoms with Gasteiger partial charge in [-0.1, -0.05) is 128 Å². The summed E-state index contributed by atoms with van der Waals surface area (Å²) in [7, 11) is 4.24. The van der Waals surface area contributed by atoms with Gasteiger partial charge in [0, 0.05) is 45.0 Å². The van der Waals surface area contributed by atoms with Crippen molar-refractivity contribution in [3.05, 3.63) is 106 Å². The monoisotopic (exact) mass is 893 g/mol. The van der Waals surface area contributed by atoms with E-state index < -0.39 is 14.0 Å². The van der Waals surface area contributed by atoms with Crippen molar-refractivity contribution < 1.29 is 37.6 Å². The van der Waals surface area contributed by atoms with Gasteiger partial charge >= 0.3 is 8.60 Å². The lowest BCUT2D eigenvalue weighted by atomic mass is 9.80. The van der Waals surface area contributed by atoms with Crippen LogP contribution in [0.3, 0.4) is 0 Å². The SMILES string of the molecule is COc1cc(-c2cc(-c3cc(C)cc(OC)c3OP(Oc3ccc(C(C)(C)C)cc3C(C)(C)C)Oc3ccc(C(C)(C)C)cc3C(C)(C)C)c(OC)cc2OC)c(O)c(C(C)(C)C)c1. The molecule has 0 heterocycles. The Bertz CT molecular complexity index is 2390. The van der Waals surface area contributed by atoms with E-state index >= 15 is 0 Å². The quantitative estimate of drug-likeness (QED) is 0.124. The van der Waals surface area contributed by atoms with Gasteiger partial charge in [0.25, 0.3) is 0 Å². The van der Waals surface area contributed by atoms with Gasteiger partial charge in [-0.15, -0.1) is 0 Å². The molecule has 0 amide bonds. The van der Waals surface area contributed by atoms with E-state index in [4.69, 9.17) is 32.5 Å². The van der Waals surface area contributed by atoms with Crippen molar-refractivity contribution in [2.45, 2.75) is 138 Å². The van der Waals surface area contributed by atoms with Crippen LogP contribution in [0.2, 0.25) is 0 Å². The third kappa shape index (κ3) is 11.1. The van der Waals surface area contributed by atoms with Crippen molar-refractivity contribution in [2.75, 3.05) is 28.4 Å². The molecule has 0 aliphatic heterocycles. The first-order chi connectivity index (χ1) is 29.5. The average molecular weight is 893 g/mol. The lowest BCUT2D eigenvalue weighted by Crippen LogP contribution is -2.19. The number of phenols is 1. The molecule has 8 nitrogen and oxygen atoms in total. The van der Waals surface area contributed by atoms with Crippen LogP contribution in [-0.4, -0.2) is 33.5 Å². The van der Waals surface area contributed by atoms with Gasteiger partial charge in [-0.2, -0.15) is 0 Å². The number of benzene rings is 5. The number of phenolic OH excluding ortho intramolecular Hbond substituents is 1. The van der Waals surface area contributed by atoms with E-state index in [0.717, 1.165) is 22.3 Å². The van der Waals surface area contributed by atoms with E-state index in [1.807, 2.05) is 55.5 Å². The highest BCUT2D eigenvalue weighted by Crippen LogP contribution is 2.55. The van der Waals surface area contributed by atoms with Crippen molar-refractivity contribution >= 4 is 8.60 Å². The first kappa shape index (κ1) is 49.9. The molecule has 0 bridgehead atoms. The summed E-state index contributed by atoms with van der Waals surface area (Å²) in [5.41, 5.74) is 7.51. The fourth-order valence-electron chi connectivity index (χ4n) is 7.62. The number of methoxy groups -OCH3 is 4. The van der Waals surface area contributed by atoms with Gasteiger partial charge in [0.2, 0.25) is 0 Å². The molecule has 0 fully saturated rings. The summed E-state index contributed by atoms with van der Waals surface area (Å²) in [6.45, 7) is 34.6. The van der Waals surface area contributed by atoms with Crippen LogP contribution in [0.25, 0.3) is 22.3 Å². The normalized spacial score (nSPS) is 12.6. The smallest absolute Gasteiger partial charge is 0.507 e. The maximum Gasteiger partial charge on any atom is 0.530 e. The van der Waals surface area contributed by atoms with Gasteiger partial charge in [-0.25, -0.2) is 0 Å². The number of aryl methyl sites for hydroxylation is 1. The molecule has 0 aromatic heterocycles. The minimum Gasteiger partial charge on any atom is -0.507 e. The highest BCUT2D eigenvalue weighted by atomic mass is 31.2. The van der Waals surface area contributed by atoms with Crippen molar-refractivity contribution in [1.29, 1.82) is 0 Å². The van der Waals surface area contributed by atoms with Crippen molar-refractivity contribution in [3.63, 3.8) is 0 Å². The molecule has 0 saturated heterocycles. The first-order valence-electron chi connectivity index (χ1n) is 22.0. The Morgan fingerprint density at radius 3 is 1.25 bits per heavy atom. The Morgan fingerprint density at radius 1 is 0.391 bits per heavy atom. The maximum atomic E-state index is 12.0. The summed E-state index contributed by atoms with van der Waals surface area (Å²) in [5, 5.41) is 12.0. The van der Waals surface area contributed by atoms with Crippen LogP contribution >= 0.6 is 8.60 Å². The Kier molecular flexibility index (Phi) is 14.4. The van der Waals surface area contributed by atoms with Crippen LogP contribution in [0.1, 0.15) is 137 Å². The van der Waals surface area contributed by atoms with Crippen LogP contribution < -0.4 is 32.5 Å². The molecule has 5 aromatic carbocycles. The Morgan fingerprint density at radius 2 is 0.844 bits per heavy atom. The fraction of sp³-hybridized carbons (Fsp3) is 0.455. The topological polar surface area (TPSA) is 84.8 Å². The summed E-state index contributed by atoms with van der Waals surface area (Å²) in [5.74, 6) is 3.95. The molecule has 346 valence electrons. The predicted octanol–water partition coefficient (Wildman–Crippen LogP) is 15.3. The molecular weight excluding hydrogens is 820 g/mol. The lowest BCUT2D eigenvalue weighted by molar-refractivity contribution is 0.355. The van der Waals surface area contributed by atoms with E-state index in [2.05, 4.69) is 128 Å². The molecule has 0 unspecified atom stereocenters. The van der Waals surface area contributed by atoms with Crippen LogP contribution in [0.15, 0.2) is 72.8 Å². The number of hydrogen-bond acceptors (Lipinski definition) is 8. The van der Waals surface area contributed by atoms with E-state index in [9.17, 15) is 5.11 Å². The van der Waals surface area contributed by atoms with Gasteiger partial charge in [0.05, 0.1) is 28.4 Å². The highest BCUT2D eigenvalue weighted by Gasteiger charge is 2.33. The van der Waals surface area contributed by atoms with Crippen molar-refractivity contribution in [3.8, 4) is 68.2 Å². The Hall–Kier alpha value is -5.07. The molecule has 64 heavy (non-hydrogen) atoms. The van der Waals surface area contributed by atoms with Gasteiger partial charge in [-0.05, 0) is 93.2 Å². The zero-order valence-corrected chi connectivity index (χ0v) is 43.1. The summed E-state index contributed by atoms with van der Waals surface area (Å²) in [6.07, 6.45) is 0. The number of hydrogen-bond donors (Lipinski definition) is 1. The predicted molar refractivity (Wildman–Crippen MR) is 265 cm³/mol. The highest BCUT2D eigenvalue weighted by molar-refractivity contribution is 7.43. The molecule has 0 spiro atoms. The van der Waals surface area contributed by atoms with Gasteiger partial charge < -0.3 is 37.6 Å². The average Bonchev–Trinajstić information content (AvgIpc) is 3.19. The molecule has 0 atom stereocenters.